The third kappa shape index (κ3) is 2.54. The molecule has 0 fully saturated rings. The minimum Gasteiger partial charge on any atom is -0.506 e. The maximum absolute atomic E-state index is 11.9. The van der Waals surface area contributed by atoms with Crippen molar-refractivity contribution in [2.75, 3.05) is 5.32 Å². The average molecular weight is 262 g/mol. The number of nitro groups is 1. The number of rotatable bonds is 3. The summed E-state index contributed by atoms with van der Waals surface area (Å²) in [5.74, 6) is -0.343. The van der Waals surface area contributed by atoms with E-state index >= 15 is 0 Å². The van der Waals surface area contributed by atoms with E-state index < -0.39 is 10.8 Å². The number of amides is 1. The minimum atomic E-state index is -0.613. The lowest BCUT2D eigenvalue weighted by molar-refractivity contribution is -0.384. The topological polar surface area (TPSA) is 106 Å². The van der Waals surface area contributed by atoms with E-state index in [1.165, 1.54) is 12.3 Å². The lowest BCUT2D eigenvalue weighted by atomic mass is 10.2. The first-order chi connectivity index (χ1) is 8.99. The summed E-state index contributed by atoms with van der Waals surface area (Å²) >= 11 is 0. The van der Waals surface area contributed by atoms with Crippen LogP contribution >= 0.6 is 0 Å². The Labute approximate surface area is 107 Å². The number of benzene rings is 1. The molecule has 1 aromatic carbocycles. The molecule has 2 aromatic rings. The highest BCUT2D eigenvalue weighted by Crippen LogP contribution is 2.28. The Kier molecular flexibility index (Phi) is 3.19. The number of hydrogen-bond donors (Lipinski definition) is 2. The molecule has 1 heterocycles. The van der Waals surface area contributed by atoms with Crippen molar-refractivity contribution in [2.45, 2.75) is 6.92 Å². The highest BCUT2D eigenvalue weighted by molar-refractivity contribution is 6.05. The van der Waals surface area contributed by atoms with Gasteiger partial charge in [0.2, 0.25) is 0 Å². The van der Waals surface area contributed by atoms with Crippen molar-refractivity contribution in [3.05, 3.63) is 52.0 Å². The van der Waals surface area contributed by atoms with Crippen molar-refractivity contribution in [3.63, 3.8) is 0 Å². The number of non-ortho nitro benzene ring substituents is 1. The van der Waals surface area contributed by atoms with Crippen LogP contribution in [-0.4, -0.2) is 15.9 Å². The van der Waals surface area contributed by atoms with Crippen molar-refractivity contribution in [3.8, 4) is 5.75 Å². The van der Waals surface area contributed by atoms with Gasteiger partial charge in [0.25, 0.3) is 11.6 Å². The molecular formula is C12H10N2O5. The molecule has 0 spiro atoms. The quantitative estimate of drug-likeness (QED) is 0.502. The van der Waals surface area contributed by atoms with Gasteiger partial charge < -0.3 is 14.8 Å². The van der Waals surface area contributed by atoms with Gasteiger partial charge in [0.05, 0.1) is 22.4 Å². The number of nitrogens with one attached hydrogen (secondary N) is 1. The second kappa shape index (κ2) is 4.81. The van der Waals surface area contributed by atoms with Gasteiger partial charge in [-0.2, -0.15) is 0 Å². The molecule has 0 saturated carbocycles. The monoisotopic (exact) mass is 262 g/mol. The van der Waals surface area contributed by atoms with Crippen LogP contribution in [0, 0.1) is 17.0 Å². The lowest BCUT2D eigenvalue weighted by Gasteiger charge is -2.06. The third-order valence-electron chi connectivity index (χ3n) is 2.54. The maximum atomic E-state index is 11.9. The molecule has 7 heteroatoms. The highest BCUT2D eigenvalue weighted by Gasteiger charge is 2.16. The molecule has 0 aliphatic rings. The van der Waals surface area contributed by atoms with Gasteiger partial charge in [0, 0.05) is 12.1 Å². The van der Waals surface area contributed by atoms with E-state index in [1.54, 1.807) is 6.92 Å². The molecule has 0 saturated heterocycles. The molecule has 0 atom stereocenters. The van der Waals surface area contributed by atoms with E-state index in [0.717, 1.165) is 18.2 Å². The van der Waals surface area contributed by atoms with E-state index in [0.29, 0.717) is 11.3 Å². The number of nitrogens with zero attached hydrogens (tertiary/aromatic N) is 1. The first-order valence-electron chi connectivity index (χ1n) is 5.32. The van der Waals surface area contributed by atoms with E-state index in [9.17, 15) is 20.0 Å². The minimum absolute atomic E-state index is 0.0280. The number of hydrogen-bond acceptors (Lipinski definition) is 5. The Morgan fingerprint density at radius 2 is 2.16 bits per heavy atom. The van der Waals surface area contributed by atoms with Gasteiger partial charge in [0.15, 0.2) is 0 Å². The van der Waals surface area contributed by atoms with Crippen LogP contribution in [0.3, 0.4) is 0 Å². The molecule has 1 amide bonds. The Bertz CT molecular complexity index is 647. The number of anilines is 1. The van der Waals surface area contributed by atoms with Gasteiger partial charge in [-0.05, 0) is 19.1 Å². The van der Waals surface area contributed by atoms with Gasteiger partial charge in [-0.3, -0.25) is 14.9 Å². The molecule has 98 valence electrons. The first-order valence-corrected chi connectivity index (χ1v) is 5.32. The molecule has 0 bridgehead atoms. The summed E-state index contributed by atoms with van der Waals surface area (Å²) in [7, 11) is 0. The van der Waals surface area contributed by atoms with E-state index in [-0.39, 0.29) is 17.1 Å². The summed E-state index contributed by atoms with van der Waals surface area (Å²) in [6, 6.07) is 4.85. The molecule has 19 heavy (non-hydrogen) atoms. The highest BCUT2D eigenvalue weighted by atomic mass is 16.6. The zero-order valence-electron chi connectivity index (χ0n) is 9.91. The lowest BCUT2D eigenvalue weighted by Crippen LogP contribution is -2.12. The maximum Gasteiger partial charge on any atom is 0.271 e. The molecule has 0 aliphatic heterocycles. The third-order valence-corrected chi connectivity index (χ3v) is 2.54. The van der Waals surface area contributed by atoms with Gasteiger partial charge in [-0.15, -0.1) is 0 Å². The SMILES string of the molecule is Cc1occc1C(=O)Nc1cc([N+](=O)[O-])ccc1O. The summed E-state index contributed by atoms with van der Waals surface area (Å²) < 4.78 is 4.98. The molecule has 1 aromatic heterocycles. The molecule has 2 N–H and O–H groups in total. The summed E-state index contributed by atoms with van der Waals surface area (Å²) in [5, 5.41) is 22.6. The predicted molar refractivity (Wildman–Crippen MR) is 66.2 cm³/mol. The van der Waals surface area contributed by atoms with Gasteiger partial charge in [-0.25, -0.2) is 0 Å². The standard InChI is InChI=1S/C12H10N2O5/c1-7-9(4-5-19-7)12(16)13-10-6-8(14(17)18)2-3-11(10)15/h2-6,15H,1H3,(H,13,16). The number of carbonyl (C=O) groups excluding carboxylic acids is 1. The Morgan fingerprint density at radius 1 is 1.42 bits per heavy atom. The fourth-order valence-corrected chi connectivity index (χ4v) is 1.55. The second-order valence-corrected chi connectivity index (χ2v) is 3.80. The number of furan rings is 1. The van der Waals surface area contributed by atoms with Crippen molar-refractivity contribution < 1.29 is 19.2 Å². The number of aryl methyl sites for hydroxylation is 1. The van der Waals surface area contributed by atoms with Crippen LogP contribution in [0.4, 0.5) is 11.4 Å². The predicted octanol–water partition coefficient (Wildman–Crippen LogP) is 2.45. The first kappa shape index (κ1) is 12.6. The molecule has 0 unspecified atom stereocenters. The number of carbonyl (C=O) groups is 1. The number of phenols is 1. The summed E-state index contributed by atoms with van der Waals surface area (Å²) in [5.41, 5.74) is 0.0442. The van der Waals surface area contributed by atoms with Crippen LogP contribution in [-0.2, 0) is 0 Å². The largest absolute Gasteiger partial charge is 0.506 e. The number of phenolic OH excluding ortho intramolecular Hbond substituents is 1. The summed E-state index contributed by atoms with van der Waals surface area (Å²) in [6.45, 7) is 1.61. The zero-order valence-corrected chi connectivity index (χ0v) is 9.91. The number of aromatic hydroxyl groups is 1. The summed E-state index contributed by atoms with van der Waals surface area (Å²) in [6.07, 6.45) is 1.36. The van der Waals surface area contributed by atoms with Crippen molar-refractivity contribution in [2.24, 2.45) is 0 Å². The van der Waals surface area contributed by atoms with Crippen molar-refractivity contribution in [1.82, 2.24) is 0 Å². The van der Waals surface area contributed by atoms with Gasteiger partial charge in [0.1, 0.15) is 11.5 Å². The van der Waals surface area contributed by atoms with Gasteiger partial charge >= 0.3 is 0 Å². The van der Waals surface area contributed by atoms with E-state index in [4.69, 9.17) is 4.42 Å². The van der Waals surface area contributed by atoms with Crippen LogP contribution in [0.2, 0.25) is 0 Å². The Morgan fingerprint density at radius 3 is 2.74 bits per heavy atom. The summed E-state index contributed by atoms with van der Waals surface area (Å²) in [4.78, 5) is 21.9. The fourth-order valence-electron chi connectivity index (χ4n) is 1.55. The molecule has 7 nitrogen and oxygen atoms in total. The second-order valence-electron chi connectivity index (χ2n) is 3.80. The Hall–Kier alpha value is -2.83. The fraction of sp³-hybridized carbons (Fsp3) is 0.0833. The van der Waals surface area contributed by atoms with Crippen LogP contribution in [0.5, 0.6) is 5.75 Å². The molecule has 0 aliphatic carbocycles. The van der Waals surface area contributed by atoms with E-state index in [1.807, 2.05) is 0 Å². The van der Waals surface area contributed by atoms with Crippen molar-refractivity contribution in [1.29, 1.82) is 0 Å². The number of nitro benzene ring substituents is 1. The van der Waals surface area contributed by atoms with Gasteiger partial charge in [-0.1, -0.05) is 0 Å². The van der Waals surface area contributed by atoms with Crippen LogP contribution in [0.1, 0.15) is 16.1 Å². The Balaban J connectivity index is 2.28. The molecule has 2 rings (SSSR count). The van der Waals surface area contributed by atoms with Crippen LogP contribution in [0.15, 0.2) is 34.9 Å². The molecular weight excluding hydrogens is 252 g/mol. The average Bonchev–Trinajstić information content (AvgIpc) is 2.78. The normalized spacial score (nSPS) is 10.2. The van der Waals surface area contributed by atoms with Crippen LogP contribution in [0.25, 0.3) is 0 Å². The molecule has 0 radical (unpaired) electrons. The van der Waals surface area contributed by atoms with Crippen LogP contribution < -0.4 is 5.32 Å². The zero-order chi connectivity index (χ0) is 14.0. The van der Waals surface area contributed by atoms with Crippen molar-refractivity contribution >= 4 is 17.3 Å². The smallest absolute Gasteiger partial charge is 0.271 e. The van der Waals surface area contributed by atoms with E-state index in [2.05, 4.69) is 5.32 Å².